The van der Waals surface area contributed by atoms with E-state index in [1.165, 1.54) is 70.6 Å². The maximum Gasteiger partial charge on any atom is 0.0649 e. The second-order valence-electron chi connectivity index (χ2n) is 7.05. The van der Waals surface area contributed by atoms with Crippen LogP contribution in [0.4, 0.5) is 0 Å². The highest BCUT2D eigenvalue weighted by Gasteiger charge is 2.32. The standard InChI is InChI=1S/C18H34O2/c1-19-14-17(13-15-9-5-3-6-10-15)18(20-2)16-11-7-4-8-12-16/h15-18H,3-14H2,1-2H3. The molecule has 20 heavy (non-hydrogen) atoms. The topological polar surface area (TPSA) is 18.5 Å². The highest BCUT2D eigenvalue weighted by molar-refractivity contribution is 4.82. The molecule has 0 aromatic carbocycles. The highest BCUT2D eigenvalue weighted by Crippen LogP contribution is 2.36. The summed E-state index contributed by atoms with van der Waals surface area (Å²) in [5.74, 6) is 2.30. The lowest BCUT2D eigenvalue weighted by Crippen LogP contribution is -2.36. The summed E-state index contributed by atoms with van der Waals surface area (Å²) >= 11 is 0. The minimum Gasteiger partial charge on any atom is -0.384 e. The Bertz CT molecular complexity index is 242. The van der Waals surface area contributed by atoms with Crippen molar-refractivity contribution in [3.8, 4) is 0 Å². The summed E-state index contributed by atoms with van der Waals surface area (Å²) in [7, 11) is 3.77. The Kier molecular flexibility index (Phi) is 7.37. The van der Waals surface area contributed by atoms with Crippen LogP contribution < -0.4 is 0 Å². The summed E-state index contributed by atoms with van der Waals surface area (Å²) in [5.41, 5.74) is 0. The summed E-state index contributed by atoms with van der Waals surface area (Å²) in [6, 6.07) is 0. The molecular formula is C18H34O2. The average Bonchev–Trinajstić information content (AvgIpc) is 2.50. The second kappa shape index (κ2) is 9.04. The Morgan fingerprint density at radius 3 is 2.00 bits per heavy atom. The zero-order valence-corrected chi connectivity index (χ0v) is 13.6. The largest absolute Gasteiger partial charge is 0.384 e. The molecule has 2 rings (SSSR count). The fourth-order valence-electron chi connectivity index (χ4n) is 4.59. The Morgan fingerprint density at radius 2 is 1.45 bits per heavy atom. The maximum absolute atomic E-state index is 5.97. The number of ether oxygens (including phenoxy) is 2. The Balaban J connectivity index is 1.92. The molecule has 0 radical (unpaired) electrons. The third-order valence-corrected chi connectivity index (χ3v) is 5.59. The van der Waals surface area contributed by atoms with Gasteiger partial charge in [0.05, 0.1) is 12.7 Å². The van der Waals surface area contributed by atoms with Crippen LogP contribution in [0.2, 0.25) is 0 Å². The molecule has 2 aliphatic carbocycles. The molecule has 0 aromatic rings. The van der Waals surface area contributed by atoms with Gasteiger partial charge in [0.1, 0.15) is 0 Å². The van der Waals surface area contributed by atoms with Crippen molar-refractivity contribution in [1.82, 2.24) is 0 Å². The van der Waals surface area contributed by atoms with Crippen LogP contribution in [0.5, 0.6) is 0 Å². The van der Waals surface area contributed by atoms with E-state index in [0.717, 1.165) is 18.4 Å². The predicted molar refractivity (Wildman–Crippen MR) is 83.9 cm³/mol. The molecule has 0 saturated heterocycles. The van der Waals surface area contributed by atoms with Crippen LogP contribution in [0.25, 0.3) is 0 Å². The zero-order valence-electron chi connectivity index (χ0n) is 13.6. The minimum absolute atomic E-state index is 0.428. The summed E-state index contributed by atoms with van der Waals surface area (Å²) in [4.78, 5) is 0. The van der Waals surface area contributed by atoms with E-state index < -0.39 is 0 Å². The lowest BCUT2D eigenvalue weighted by atomic mass is 9.75. The molecule has 2 saturated carbocycles. The van der Waals surface area contributed by atoms with Crippen molar-refractivity contribution in [3.63, 3.8) is 0 Å². The van der Waals surface area contributed by atoms with Crippen LogP contribution in [0.1, 0.15) is 70.6 Å². The predicted octanol–water partition coefficient (Wildman–Crippen LogP) is 4.81. The van der Waals surface area contributed by atoms with Crippen LogP contribution in [-0.4, -0.2) is 26.9 Å². The Labute approximate surface area is 125 Å². The van der Waals surface area contributed by atoms with Crippen molar-refractivity contribution in [3.05, 3.63) is 0 Å². The van der Waals surface area contributed by atoms with Crippen molar-refractivity contribution >= 4 is 0 Å². The lowest BCUT2D eigenvalue weighted by molar-refractivity contribution is -0.0407. The fraction of sp³-hybridized carbons (Fsp3) is 1.00. The van der Waals surface area contributed by atoms with Gasteiger partial charge in [-0.3, -0.25) is 0 Å². The van der Waals surface area contributed by atoms with Crippen LogP contribution >= 0.6 is 0 Å². The first-order valence-corrected chi connectivity index (χ1v) is 8.87. The molecule has 0 bridgehead atoms. The van der Waals surface area contributed by atoms with Crippen molar-refractivity contribution in [2.45, 2.75) is 76.7 Å². The van der Waals surface area contributed by atoms with Gasteiger partial charge in [0, 0.05) is 20.1 Å². The molecule has 2 heteroatoms. The first-order valence-electron chi connectivity index (χ1n) is 8.87. The van der Waals surface area contributed by atoms with E-state index in [1.54, 1.807) is 0 Å². The first kappa shape index (κ1) is 16.3. The molecular weight excluding hydrogens is 248 g/mol. The van der Waals surface area contributed by atoms with E-state index in [0.29, 0.717) is 12.0 Å². The Morgan fingerprint density at radius 1 is 0.850 bits per heavy atom. The SMILES string of the molecule is COCC(CC1CCCCC1)C(OC)C1CCCCC1. The summed E-state index contributed by atoms with van der Waals surface area (Å²) in [5, 5.41) is 0. The molecule has 0 spiro atoms. The van der Waals surface area contributed by atoms with Gasteiger partial charge in [0.15, 0.2) is 0 Å². The minimum atomic E-state index is 0.428. The molecule has 2 aliphatic rings. The summed E-state index contributed by atoms with van der Waals surface area (Å²) in [6.45, 7) is 0.880. The molecule has 2 atom stereocenters. The van der Waals surface area contributed by atoms with Crippen LogP contribution in [0.3, 0.4) is 0 Å². The van der Waals surface area contributed by atoms with Crippen molar-refractivity contribution in [2.24, 2.45) is 17.8 Å². The molecule has 0 amide bonds. The second-order valence-corrected chi connectivity index (χ2v) is 7.05. The molecule has 0 N–H and O–H groups in total. The van der Waals surface area contributed by atoms with Gasteiger partial charge >= 0.3 is 0 Å². The molecule has 2 nitrogen and oxygen atoms in total. The number of rotatable bonds is 7. The highest BCUT2D eigenvalue weighted by atomic mass is 16.5. The lowest BCUT2D eigenvalue weighted by Gasteiger charge is -2.37. The quantitative estimate of drug-likeness (QED) is 0.667. The van der Waals surface area contributed by atoms with Crippen LogP contribution in [-0.2, 0) is 9.47 Å². The molecule has 0 heterocycles. The molecule has 0 aromatic heterocycles. The van der Waals surface area contributed by atoms with Gasteiger partial charge in [-0.25, -0.2) is 0 Å². The monoisotopic (exact) mass is 282 g/mol. The van der Waals surface area contributed by atoms with Crippen molar-refractivity contribution in [2.75, 3.05) is 20.8 Å². The van der Waals surface area contributed by atoms with Crippen molar-refractivity contribution < 1.29 is 9.47 Å². The van der Waals surface area contributed by atoms with Gasteiger partial charge in [-0.1, -0.05) is 51.4 Å². The average molecular weight is 282 g/mol. The fourth-order valence-corrected chi connectivity index (χ4v) is 4.59. The molecule has 118 valence electrons. The molecule has 2 unspecified atom stereocenters. The zero-order chi connectivity index (χ0) is 14.2. The molecule has 0 aliphatic heterocycles. The third-order valence-electron chi connectivity index (χ3n) is 5.59. The van der Waals surface area contributed by atoms with E-state index in [4.69, 9.17) is 9.47 Å². The normalized spacial score (nSPS) is 25.5. The maximum atomic E-state index is 5.97. The Hall–Kier alpha value is -0.0800. The van der Waals surface area contributed by atoms with Gasteiger partial charge < -0.3 is 9.47 Å². The van der Waals surface area contributed by atoms with E-state index in [1.807, 2.05) is 14.2 Å². The van der Waals surface area contributed by atoms with E-state index in [-0.39, 0.29) is 0 Å². The van der Waals surface area contributed by atoms with E-state index in [2.05, 4.69) is 0 Å². The van der Waals surface area contributed by atoms with Gasteiger partial charge in [-0.15, -0.1) is 0 Å². The molecule has 2 fully saturated rings. The van der Waals surface area contributed by atoms with Gasteiger partial charge in [0.25, 0.3) is 0 Å². The summed E-state index contributed by atoms with van der Waals surface area (Å²) in [6.07, 6.45) is 15.9. The van der Waals surface area contributed by atoms with Gasteiger partial charge in [0.2, 0.25) is 0 Å². The van der Waals surface area contributed by atoms with Gasteiger partial charge in [-0.2, -0.15) is 0 Å². The van der Waals surface area contributed by atoms with Crippen LogP contribution in [0.15, 0.2) is 0 Å². The smallest absolute Gasteiger partial charge is 0.0649 e. The number of methoxy groups -OCH3 is 2. The number of hydrogen-bond donors (Lipinski definition) is 0. The van der Waals surface area contributed by atoms with Crippen LogP contribution in [0, 0.1) is 17.8 Å². The van der Waals surface area contributed by atoms with E-state index in [9.17, 15) is 0 Å². The number of hydrogen-bond acceptors (Lipinski definition) is 2. The summed E-state index contributed by atoms with van der Waals surface area (Å²) < 4.78 is 11.5. The van der Waals surface area contributed by atoms with E-state index >= 15 is 0 Å². The third kappa shape index (κ3) is 4.73. The first-order chi connectivity index (χ1) is 9.85. The van der Waals surface area contributed by atoms with Crippen molar-refractivity contribution in [1.29, 1.82) is 0 Å². The van der Waals surface area contributed by atoms with Gasteiger partial charge in [-0.05, 0) is 31.1 Å².